The van der Waals surface area contributed by atoms with Crippen molar-refractivity contribution in [3.63, 3.8) is 0 Å². The molecule has 0 saturated carbocycles. The zero-order chi connectivity index (χ0) is 17.6. The van der Waals surface area contributed by atoms with Crippen LogP contribution in [0.15, 0.2) is 65.6 Å². The van der Waals surface area contributed by atoms with E-state index in [0.29, 0.717) is 5.56 Å². The third-order valence-corrected chi connectivity index (χ3v) is 4.35. The lowest BCUT2D eigenvalue weighted by atomic mass is 10.2. The minimum atomic E-state index is -4.06. The summed E-state index contributed by atoms with van der Waals surface area (Å²) >= 11 is 0. The van der Waals surface area contributed by atoms with Crippen LogP contribution in [0.25, 0.3) is 5.76 Å². The average Bonchev–Trinajstić information content (AvgIpc) is 2.55. The fraction of sp³-hybridized carbons (Fsp3) is 0.167. The minimum absolute atomic E-state index is 0.0128. The van der Waals surface area contributed by atoms with Gasteiger partial charge < -0.3 is 8.92 Å². The molecular formula is C18H18O5S. The van der Waals surface area contributed by atoms with Crippen molar-refractivity contribution in [2.45, 2.75) is 18.7 Å². The Kier molecular flexibility index (Phi) is 5.76. The van der Waals surface area contributed by atoms with Crippen LogP contribution in [0, 0.1) is 6.92 Å². The van der Waals surface area contributed by atoms with Gasteiger partial charge in [0.25, 0.3) is 0 Å². The van der Waals surface area contributed by atoms with Crippen LogP contribution in [0.4, 0.5) is 0 Å². The van der Waals surface area contributed by atoms with E-state index >= 15 is 0 Å². The lowest BCUT2D eigenvalue weighted by molar-refractivity contribution is -0.137. The summed E-state index contributed by atoms with van der Waals surface area (Å²) in [4.78, 5) is 11.7. The summed E-state index contributed by atoms with van der Waals surface area (Å²) in [5.41, 5.74) is 1.39. The molecule has 0 aliphatic rings. The van der Waals surface area contributed by atoms with Gasteiger partial charge in [-0.05, 0) is 26.0 Å². The Morgan fingerprint density at radius 3 is 2.25 bits per heavy atom. The summed E-state index contributed by atoms with van der Waals surface area (Å²) in [6.07, 6.45) is 1.03. The van der Waals surface area contributed by atoms with Crippen molar-refractivity contribution in [1.29, 1.82) is 0 Å². The zero-order valence-electron chi connectivity index (χ0n) is 13.4. The highest BCUT2D eigenvalue weighted by Gasteiger charge is 2.20. The van der Waals surface area contributed by atoms with Gasteiger partial charge in [0, 0.05) is 5.56 Å². The van der Waals surface area contributed by atoms with E-state index in [4.69, 9.17) is 8.92 Å². The smallest absolute Gasteiger partial charge is 0.339 e. The van der Waals surface area contributed by atoms with Crippen molar-refractivity contribution in [1.82, 2.24) is 0 Å². The second-order valence-corrected chi connectivity index (χ2v) is 6.52. The molecule has 0 unspecified atom stereocenters. The molecule has 24 heavy (non-hydrogen) atoms. The van der Waals surface area contributed by atoms with Crippen LogP contribution in [-0.4, -0.2) is 21.0 Å². The first-order chi connectivity index (χ1) is 11.4. The predicted molar refractivity (Wildman–Crippen MR) is 90.5 cm³/mol. The summed E-state index contributed by atoms with van der Waals surface area (Å²) in [5, 5.41) is 0. The fourth-order valence-electron chi connectivity index (χ4n) is 1.92. The van der Waals surface area contributed by atoms with Crippen LogP contribution in [0.1, 0.15) is 18.1 Å². The molecule has 0 bridgehead atoms. The van der Waals surface area contributed by atoms with Crippen LogP contribution in [0.2, 0.25) is 0 Å². The van der Waals surface area contributed by atoms with Crippen molar-refractivity contribution in [3.8, 4) is 0 Å². The van der Waals surface area contributed by atoms with Crippen molar-refractivity contribution < 1.29 is 22.1 Å². The SMILES string of the molecule is CCOC(=O)/C=C(\OS(=O)(=O)c1ccc(C)cc1)c1ccccc1. The molecule has 0 aliphatic heterocycles. The van der Waals surface area contributed by atoms with E-state index in [1.807, 2.05) is 6.92 Å². The van der Waals surface area contributed by atoms with Crippen molar-refractivity contribution in [2.24, 2.45) is 0 Å². The summed E-state index contributed by atoms with van der Waals surface area (Å²) < 4.78 is 34.9. The molecule has 2 rings (SSSR count). The van der Waals surface area contributed by atoms with Crippen molar-refractivity contribution in [2.75, 3.05) is 6.61 Å². The first kappa shape index (κ1) is 17.7. The lowest BCUT2D eigenvalue weighted by Crippen LogP contribution is -2.08. The maximum Gasteiger partial charge on any atom is 0.339 e. The van der Waals surface area contributed by atoms with Gasteiger partial charge in [-0.3, -0.25) is 0 Å². The molecule has 2 aromatic carbocycles. The molecule has 0 heterocycles. The van der Waals surface area contributed by atoms with Gasteiger partial charge in [0.2, 0.25) is 0 Å². The Bertz CT molecular complexity index is 821. The highest BCUT2D eigenvalue weighted by Crippen LogP contribution is 2.23. The van der Waals surface area contributed by atoms with Crippen LogP contribution in [0.3, 0.4) is 0 Å². The van der Waals surface area contributed by atoms with E-state index in [1.165, 1.54) is 12.1 Å². The Morgan fingerprint density at radius 2 is 1.67 bits per heavy atom. The number of carbonyl (C=O) groups is 1. The molecule has 0 N–H and O–H groups in total. The molecule has 0 amide bonds. The fourth-order valence-corrected chi connectivity index (χ4v) is 2.87. The van der Waals surface area contributed by atoms with E-state index in [-0.39, 0.29) is 17.3 Å². The molecule has 0 saturated heterocycles. The monoisotopic (exact) mass is 346 g/mol. The minimum Gasteiger partial charge on any atom is -0.463 e. The standard InChI is InChI=1S/C18H18O5S/c1-3-22-18(19)13-17(15-7-5-4-6-8-15)23-24(20,21)16-11-9-14(2)10-12-16/h4-13H,3H2,1-2H3/b17-13-. The lowest BCUT2D eigenvalue weighted by Gasteiger charge is -2.11. The molecule has 0 atom stereocenters. The largest absolute Gasteiger partial charge is 0.463 e. The summed E-state index contributed by atoms with van der Waals surface area (Å²) in [5.74, 6) is -0.759. The third-order valence-electron chi connectivity index (χ3n) is 3.10. The van der Waals surface area contributed by atoms with Gasteiger partial charge in [0.05, 0.1) is 12.7 Å². The van der Waals surface area contributed by atoms with Crippen molar-refractivity contribution >= 4 is 21.8 Å². The molecule has 0 aliphatic carbocycles. The van der Waals surface area contributed by atoms with Gasteiger partial charge >= 0.3 is 16.1 Å². The summed E-state index contributed by atoms with van der Waals surface area (Å²) in [7, 11) is -4.06. The highest BCUT2D eigenvalue weighted by molar-refractivity contribution is 7.87. The number of aryl methyl sites for hydroxylation is 1. The normalized spacial score (nSPS) is 11.8. The average molecular weight is 346 g/mol. The Balaban J connectivity index is 2.38. The maximum atomic E-state index is 12.5. The predicted octanol–water partition coefficient (Wildman–Crippen LogP) is 3.30. The number of hydrogen-bond acceptors (Lipinski definition) is 5. The molecule has 126 valence electrons. The topological polar surface area (TPSA) is 69.7 Å². The van der Waals surface area contributed by atoms with Gasteiger partial charge in [-0.15, -0.1) is 0 Å². The van der Waals surface area contributed by atoms with E-state index in [1.54, 1.807) is 49.4 Å². The number of ether oxygens (including phenoxy) is 1. The maximum absolute atomic E-state index is 12.5. The molecule has 0 aromatic heterocycles. The number of rotatable bonds is 6. The molecule has 6 heteroatoms. The molecule has 0 spiro atoms. The van der Waals surface area contributed by atoms with Crippen molar-refractivity contribution in [3.05, 3.63) is 71.8 Å². The van der Waals surface area contributed by atoms with E-state index in [9.17, 15) is 13.2 Å². The molecule has 0 radical (unpaired) electrons. The summed E-state index contributed by atoms with van der Waals surface area (Å²) in [6, 6.07) is 14.8. The first-order valence-corrected chi connectivity index (χ1v) is 8.78. The van der Waals surface area contributed by atoms with Crippen LogP contribution in [-0.2, 0) is 23.8 Å². The molecule has 0 fully saturated rings. The van der Waals surface area contributed by atoms with E-state index < -0.39 is 16.1 Å². The van der Waals surface area contributed by atoms with Crippen LogP contribution in [0.5, 0.6) is 0 Å². The quantitative estimate of drug-likeness (QED) is 0.347. The molecule has 2 aromatic rings. The Morgan fingerprint density at radius 1 is 1.04 bits per heavy atom. The number of esters is 1. The van der Waals surface area contributed by atoms with E-state index in [0.717, 1.165) is 11.6 Å². The van der Waals surface area contributed by atoms with Crippen LogP contribution < -0.4 is 0 Å². The Hall–Kier alpha value is -2.60. The number of carbonyl (C=O) groups excluding carboxylic acids is 1. The third kappa shape index (κ3) is 4.70. The molecule has 5 nitrogen and oxygen atoms in total. The van der Waals surface area contributed by atoms with Crippen LogP contribution >= 0.6 is 0 Å². The Labute approximate surface area is 141 Å². The van der Waals surface area contributed by atoms with Gasteiger partial charge in [-0.25, -0.2) is 4.79 Å². The summed E-state index contributed by atoms with van der Waals surface area (Å²) in [6.45, 7) is 3.70. The second-order valence-electron chi connectivity index (χ2n) is 4.98. The second kappa shape index (κ2) is 7.79. The number of hydrogen-bond donors (Lipinski definition) is 0. The van der Waals surface area contributed by atoms with Gasteiger partial charge in [0.15, 0.2) is 5.76 Å². The molecular weight excluding hydrogens is 328 g/mol. The van der Waals surface area contributed by atoms with Gasteiger partial charge in [-0.1, -0.05) is 48.0 Å². The highest BCUT2D eigenvalue weighted by atomic mass is 32.2. The first-order valence-electron chi connectivity index (χ1n) is 7.37. The van der Waals surface area contributed by atoms with Gasteiger partial charge in [-0.2, -0.15) is 8.42 Å². The zero-order valence-corrected chi connectivity index (χ0v) is 14.2. The van der Waals surface area contributed by atoms with E-state index in [2.05, 4.69) is 0 Å². The number of benzene rings is 2. The van der Waals surface area contributed by atoms with Gasteiger partial charge in [0.1, 0.15) is 4.90 Å².